The highest BCUT2D eigenvalue weighted by molar-refractivity contribution is 5.92. The average molecular weight is 416 g/mol. The minimum Gasteiger partial charge on any atom is -0.497 e. The molecule has 0 aliphatic carbocycles. The molecule has 0 fully saturated rings. The molecule has 4 rings (SSSR count). The van der Waals surface area contributed by atoms with Gasteiger partial charge in [0.1, 0.15) is 22.8 Å². The van der Waals surface area contributed by atoms with Gasteiger partial charge in [-0.15, -0.1) is 0 Å². The second-order valence-corrected chi connectivity index (χ2v) is 6.97. The van der Waals surface area contributed by atoms with Crippen molar-refractivity contribution in [2.45, 2.75) is 6.92 Å². The topological polar surface area (TPSA) is 75.0 Å². The van der Waals surface area contributed by atoms with Crippen molar-refractivity contribution >= 4 is 16.9 Å². The summed E-state index contributed by atoms with van der Waals surface area (Å²) in [6.45, 7) is 1.94. The normalized spacial score (nSPS) is 10.7. The minimum atomic E-state index is -0.541. The van der Waals surface area contributed by atoms with E-state index in [2.05, 4.69) is 0 Å². The summed E-state index contributed by atoms with van der Waals surface area (Å²) in [6.07, 6.45) is 0. The van der Waals surface area contributed by atoms with Crippen molar-refractivity contribution in [1.29, 1.82) is 0 Å². The number of methoxy groups -OCH3 is 2. The maximum Gasteiger partial charge on any atom is 0.344 e. The van der Waals surface area contributed by atoms with Crippen molar-refractivity contribution in [2.75, 3.05) is 14.2 Å². The fourth-order valence-corrected chi connectivity index (χ4v) is 3.22. The van der Waals surface area contributed by atoms with E-state index in [-0.39, 0.29) is 5.75 Å². The number of ether oxygens (including phenoxy) is 3. The van der Waals surface area contributed by atoms with E-state index in [0.29, 0.717) is 39.2 Å². The highest BCUT2D eigenvalue weighted by Gasteiger charge is 2.15. The SMILES string of the molecule is COc1ccc(OC)c(-c2cc3ccc(OC(=O)c4ccc(C)cc4)cc3oc2=O)c1. The smallest absolute Gasteiger partial charge is 0.344 e. The van der Waals surface area contributed by atoms with Gasteiger partial charge in [-0.3, -0.25) is 0 Å². The molecule has 0 unspecified atom stereocenters. The maximum atomic E-state index is 12.7. The van der Waals surface area contributed by atoms with E-state index in [1.54, 1.807) is 55.6 Å². The Labute approximate surface area is 178 Å². The van der Waals surface area contributed by atoms with Gasteiger partial charge in [-0.25, -0.2) is 9.59 Å². The molecule has 0 saturated heterocycles. The van der Waals surface area contributed by atoms with Crippen LogP contribution in [0.25, 0.3) is 22.1 Å². The fraction of sp³-hybridized carbons (Fsp3) is 0.120. The number of benzene rings is 3. The fourth-order valence-electron chi connectivity index (χ4n) is 3.22. The summed E-state index contributed by atoms with van der Waals surface area (Å²) in [5.74, 6) is 0.914. The number of carbonyl (C=O) groups is 1. The van der Waals surface area contributed by atoms with E-state index in [4.69, 9.17) is 18.6 Å². The molecule has 0 spiro atoms. The number of carbonyl (C=O) groups excluding carboxylic acids is 1. The third-order valence-electron chi connectivity index (χ3n) is 4.90. The monoisotopic (exact) mass is 416 g/mol. The lowest BCUT2D eigenvalue weighted by atomic mass is 10.0. The van der Waals surface area contributed by atoms with Crippen LogP contribution in [0.4, 0.5) is 0 Å². The zero-order valence-electron chi connectivity index (χ0n) is 17.3. The summed E-state index contributed by atoms with van der Waals surface area (Å²) >= 11 is 0. The summed E-state index contributed by atoms with van der Waals surface area (Å²) < 4.78 is 21.6. The lowest BCUT2D eigenvalue weighted by Gasteiger charge is -2.11. The second kappa shape index (κ2) is 8.36. The molecule has 0 bridgehead atoms. The first kappa shape index (κ1) is 20.2. The van der Waals surface area contributed by atoms with Crippen LogP contribution in [0, 0.1) is 6.92 Å². The summed E-state index contributed by atoms with van der Waals surface area (Å²) in [4.78, 5) is 25.1. The number of rotatable bonds is 5. The molecule has 0 amide bonds. The van der Waals surface area contributed by atoms with Crippen molar-refractivity contribution in [3.05, 3.63) is 88.3 Å². The van der Waals surface area contributed by atoms with E-state index < -0.39 is 11.6 Å². The van der Waals surface area contributed by atoms with Gasteiger partial charge in [0.2, 0.25) is 0 Å². The van der Waals surface area contributed by atoms with Gasteiger partial charge in [0.15, 0.2) is 0 Å². The Balaban J connectivity index is 1.69. The standard InChI is InChI=1S/C25H20O6/c1-15-4-6-16(7-5-15)24(26)30-19-9-8-17-12-21(25(27)31-23(17)14-19)20-13-18(28-2)10-11-22(20)29-3/h4-14H,1-3H3. The summed E-state index contributed by atoms with van der Waals surface area (Å²) in [7, 11) is 3.08. The van der Waals surface area contributed by atoms with Crippen LogP contribution < -0.4 is 19.8 Å². The van der Waals surface area contributed by atoms with Crippen molar-refractivity contribution in [3.8, 4) is 28.4 Å². The van der Waals surface area contributed by atoms with Gasteiger partial charge in [0, 0.05) is 17.0 Å². The molecular formula is C25H20O6. The van der Waals surface area contributed by atoms with Crippen LogP contribution >= 0.6 is 0 Å². The third-order valence-corrected chi connectivity index (χ3v) is 4.90. The Kier molecular flexibility index (Phi) is 5.45. The Morgan fingerprint density at radius 1 is 0.806 bits per heavy atom. The molecule has 6 nitrogen and oxygen atoms in total. The number of esters is 1. The molecule has 1 heterocycles. The molecule has 0 aliphatic rings. The van der Waals surface area contributed by atoms with E-state index in [9.17, 15) is 9.59 Å². The minimum absolute atomic E-state index is 0.285. The Morgan fingerprint density at radius 3 is 2.26 bits per heavy atom. The summed E-state index contributed by atoms with van der Waals surface area (Å²) in [5, 5.41) is 0.676. The number of aryl methyl sites for hydroxylation is 1. The molecule has 3 aromatic carbocycles. The zero-order chi connectivity index (χ0) is 22.0. The second-order valence-electron chi connectivity index (χ2n) is 6.97. The maximum absolute atomic E-state index is 12.7. The van der Waals surface area contributed by atoms with Crippen LogP contribution in [0.1, 0.15) is 15.9 Å². The van der Waals surface area contributed by atoms with Gasteiger partial charge in [0.25, 0.3) is 0 Å². The molecule has 0 atom stereocenters. The molecule has 31 heavy (non-hydrogen) atoms. The van der Waals surface area contributed by atoms with Crippen LogP contribution in [0.15, 0.2) is 75.9 Å². The average Bonchev–Trinajstić information content (AvgIpc) is 2.78. The first-order valence-corrected chi connectivity index (χ1v) is 9.57. The predicted molar refractivity (Wildman–Crippen MR) is 117 cm³/mol. The van der Waals surface area contributed by atoms with Crippen molar-refractivity contribution in [3.63, 3.8) is 0 Å². The first-order chi connectivity index (χ1) is 15.0. The molecule has 156 valence electrons. The van der Waals surface area contributed by atoms with Gasteiger partial charge in [-0.05, 0) is 55.5 Å². The molecule has 0 N–H and O–H groups in total. The van der Waals surface area contributed by atoms with Gasteiger partial charge in [-0.1, -0.05) is 17.7 Å². The van der Waals surface area contributed by atoms with Crippen LogP contribution in [0.3, 0.4) is 0 Å². The molecule has 0 radical (unpaired) electrons. The molecule has 0 saturated carbocycles. The first-order valence-electron chi connectivity index (χ1n) is 9.57. The summed E-state index contributed by atoms with van der Waals surface area (Å²) in [6, 6.07) is 18.9. The molecule has 6 heteroatoms. The number of fused-ring (bicyclic) bond motifs is 1. The van der Waals surface area contributed by atoms with Gasteiger partial charge in [0.05, 0.1) is 25.3 Å². The molecule has 4 aromatic rings. The third kappa shape index (κ3) is 4.14. The highest BCUT2D eigenvalue weighted by Crippen LogP contribution is 2.33. The highest BCUT2D eigenvalue weighted by atomic mass is 16.5. The Morgan fingerprint density at radius 2 is 1.55 bits per heavy atom. The largest absolute Gasteiger partial charge is 0.497 e. The van der Waals surface area contributed by atoms with E-state index in [0.717, 1.165) is 5.56 Å². The number of hydrogen-bond acceptors (Lipinski definition) is 6. The Hall–Kier alpha value is -4.06. The summed E-state index contributed by atoms with van der Waals surface area (Å²) in [5.41, 5.74) is 2.16. The molecular weight excluding hydrogens is 396 g/mol. The lowest BCUT2D eigenvalue weighted by molar-refractivity contribution is 0.0735. The van der Waals surface area contributed by atoms with Gasteiger partial charge >= 0.3 is 11.6 Å². The van der Waals surface area contributed by atoms with Crippen LogP contribution in [-0.4, -0.2) is 20.2 Å². The number of hydrogen-bond donors (Lipinski definition) is 0. The van der Waals surface area contributed by atoms with Crippen LogP contribution in [0.2, 0.25) is 0 Å². The Bertz CT molecular complexity index is 1320. The van der Waals surface area contributed by atoms with Gasteiger partial charge in [-0.2, -0.15) is 0 Å². The van der Waals surface area contributed by atoms with Crippen molar-refractivity contribution in [2.24, 2.45) is 0 Å². The van der Waals surface area contributed by atoms with Crippen LogP contribution in [-0.2, 0) is 0 Å². The van der Waals surface area contributed by atoms with Crippen molar-refractivity contribution < 1.29 is 23.4 Å². The quantitative estimate of drug-likeness (QED) is 0.259. The molecule has 1 aromatic heterocycles. The van der Waals surface area contributed by atoms with E-state index in [1.165, 1.54) is 13.2 Å². The van der Waals surface area contributed by atoms with Gasteiger partial charge < -0.3 is 18.6 Å². The van der Waals surface area contributed by atoms with E-state index in [1.807, 2.05) is 19.1 Å². The van der Waals surface area contributed by atoms with Crippen molar-refractivity contribution in [1.82, 2.24) is 0 Å². The predicted octanol–water partition coefficient (Wildman–Crippen LogP) is 5.00. The van der Waals surface area contributed by atoms with Crippen LogP contribution in [0.5, 0.6) is 17.2 Å². The zero-order valence-corrected chi connectivity index (χ0v) is 17.3. The lowest BCUT2D eigenvalue weighted by Crippen LogP contribution is -2.08. The molecule has 0 aliphatic heterocycles. The van der Waals surface area contributed by atoms with E-state index >= 15 is 0 Å².